The van der Waals surface area contributed by atoms with Crippen LogP contribution in [0, 0.1) is 21.4 Å². The normalized spacial score (nSPS) is 9.72. The molecule has 0 N–H and O–H groups in total. The van der Waals surface area contributed by atoms with Gasteiger partial charge in [0.1, 0.15) is 29.7 Å². The fourth-order valence-corrected chi connectivity index (χ4v) is 1.40. The average Bonchev–Trinajstić information content (AvgIpc) is 2.88. The number of hydrogen-bond acceptors (Lipinski definition) is 5. The molecule has 1 heterocycles. The topological polar surface area (TPSA) is 89.3 Å². The molecule has 6 nitrogen and oxygen atoms in total. The van der Waals surface area contributed by atoms with E-state index in [4.69, 9.17) is 14.4 Å². The summed E-state index contributed by atoms with van der Waals surface area (Å²) in [6, 6.07) is 9.27. The van der Waals surface area contributed by atoms with Crippen molar-refractivity contribution in [2.75, 3.05) is 0 Å². The Morgan fingerprint density at radius 2 is 2.28 bits per heavy atom. The first-order chi connectivity index (χ1) is 8.70. The van der Waals surface area contributed by atoms with Crippen molar-refractivity contribution in [3.05, 3.63) is 58.0 Å². The van der Waals surface area contributed by atoms with Crippen molar-refractivity contribution in [2.45, 2.75) is 6.61 Å². The molecular weight excluding hydrogens is 236 g/mol. The Hall–Kier alpha value is -2.81. The Morgan fingerprint density at radius 1 is 1.44 bits per heavy atom. The maximum atomic E-state index is 10.6. The predicted octanol–water partition coefficient (Wildman–Crippen LogP) is 2.64. The molecule has 0 atom stereocenters. The van der Waals surface area contributed by atoms with Gasteiger partial charge < -0.3 is 9.15 Å². The highest BCUT2D eigenvalue weighted by molar-refractivity contribution is 5.52. The Bertz CT molecular complexity index is 599. The van der Waals surface area contributed by atoms with Crippen LogP contribution in [0.2, 0.25) is 0 Å². The SMILES string of the molecule is N#Cc1cc(OCc2ccco2)ccc1[N+](=O)[O-]. The third-order valence-corrected chi connectivity index (χ3v) is 2.25. The van der Waals surface area contributed by atoms with Gasteiger partial charge in [0.05, 0.1) is 11.2 Å². The highest BCUT2D eigenvalue weighted by Crippen LogP contribution is 2.23. The predicted molar refractivity (Wildman–Crippen MR) is 60.9 cm³/mol. The smallest absolute Gasteiger partial charge is 0.287 e. The molecule has 0 fully saturated rings. The lowest BCUT2D eigenvalue weighted by Crippen LogP contribution is -1.96. The van der Waals surface area contributed by atoms with Crippen LogP contribution in [0.5, 0.6) is 5.75 Å². The summed E-state index contributed by atoms with van der Waals surface area (Å²) in [5.41, 5.74) is -0.264. The molecule has 2 aromatic rings. The standard InChI is InChI=1S/C12H8N2O4/c13-7-9-6-10(3-4-12(9)14(15)16)18-8-11-2-1-5-17-11/h1-6H,8H2. The van der Waals surface area contributed by atoms with Crippen molar-refractivity contribution < 1.29 is 14.1 Å². The molecule has 2 rings (SSSR count). The molecule has 0 saturated heterocycles. The van der Waals surface area contributed by atoms with Gasteiger partial charge in [0.25, 0.3) is 5.69 Å². The van der Waals surface area contributed by atoms with E-state index in [-0.39, 0.29) is 17.9 Å². The van der Waals surface area contributed by atoms with Crippen molar-refractivity contribution >= 4 is 5.69 Å². The van der Waals surface area contributed by atoms with Gasteiger partial charge in [-0.05, 0) is 18.2 Å². The van der Waals surface area contributed by atoms with Crippen LogP contribution in [0.15, 0.2) is 41.0 Å². The molecular formula is C12H8N2O4. The van der Waals surface area contributed by atoms with Crippen molar-refractivity contribution in [2.24, 2.45) is 0 Å². The quantitative estimate of drug-likeness (QED) is 0.609. The van der Waals surface area contributed by atoms with Crippen LogP contribution in [-0.4, -0.2) is 4.92 Å². The van der Waals surface area contributed by atoms with Crippen LogP contribution >= 0.6 is 0 Å². The summed E-state index contributed by atoms with van der Waals surface area (Å²) in [6.07, 6.45) is 1.52. The molecule has 0 bridgehead atoms. The van der Waals surface area contributed by atoms with Gasteiger partial charge in [-0.3, -0.25) is 10.1 Å². The van der Waals surface area contributed by atoms with E-state index >= 15 is 0 Å². The molecule has 0 aliphatic rings. The second-order valence-corrected chi connectivity index (χ2v) is 3.42. The van der Waals surface area contributed by atoms with E-state index < -0.39 is 4.92 Å². The van der Waals surface area contributed by atoms with Gasteiger partial charge >= 0.3 is 0 Å². The number of nitro groups is 1. The van der Waals surface area contributed by atoms with E-state index in [9.17, 15) is 10.1 Å². The van der Waals surface area contributed by atoms with Gasteiger partial charge in [0.15, 0.2) is 0 Å². The first-order valence-corrected chi connectivity index (χ1v) is 5.04. The zero-order valence-electron chi connectivity index (χ0n) is 9.20. The van der Waals surface area contributed by atoms with E-state index in [1.807, 2.05) is 0 Å². The number of benzene rings is 1. The highest BCUT2D eigenvalue weighted by Gasteiger charge is 2.14. The number of hydrogen-bond donors (Lipinski definition) is 0. The molecule has 18 heavy (non-hydrogen) atoms. The highest BCUT2D eigenvalue weighted by atomic mass is 16.6. The number of nitriles is 1. The largest absolute Gasteiger partial charge is 0.486 e. The fourth-order valence-electron chi connectivity index (χ4n) is 1.40. The van der Waals surface area contributed by atoms with Crippen LogP contribution in [0.4, 0.5) is 5.69 Å². The van der Waals surface area contributed by atoms with Crippen LogP contribution in [0.3, 0.4) is 0 Å². The minimum absolute atomic E-state index is 0.0306. The van der Waals surface area contributed by atoms with Crippen LogP contribution in [0.25, 0.3) is 0 Å². The Morgan fingerprint density at radius 3 is 2.89 bits per heavy atom. The average molecular weight is 244 g/mol. The van der Waals surface area contributed by atoms with Gasteiger partial charge in [-0.25, -0.2) is 0 Å². The lowest BCUT2D eigenvalue weighted by molar-refractivity contribution is -0.385. The monoisotopic (exact) mass is 244 g/mol. The number of ether oxygens (including phenoxy) is 1. The number of furan rings is 1. The summed E-state index contributed by atoms with van der Waals surface area (Å²) >= 11 is 0. The van der Waals surface area contributed by atoms with Crippen LogP contribution in [0.1, 0.15) is 11.3 Å². The summed E-state index contributed by atoms with van der Waals surface area (Å²) in [4.78, 5) is 10.0. The zero-order chi connectivity index (χ0) is 13.0. The molecule has 0 radical (unpaired) electrons. The molecule has 0 aliphatic carbocycles. The number of nitro benzene ring substituents is 1. The summed E-state index contributed by atoms with van der Waals surface area (Å²) in [5, 5.41) is 19.5. The third-order valence-electron chi connectivity index (χ3n) is 2.25. The summed E-state index contributed by atoms with van der Waals surface area (Å²) in [7, 11) is 0. The molecule has 0 amide bonds. The lowest BCUT2D eigenvalue weighted by Gasteiger charge is -2.04. The van der Waals surface area contributed by atoms with Crippen LogP contribution < -0.4 is 4.74 Å². The first kappa shape index (κ1) is 11.7. The number of rotatable bonds is 4. The van der Waals surface area contributed by atoms with E-state index in [0.717, 1.165) is 0 Å². The molecule has 90 valence electrons. The van der Waals surface area contributed by atoms with Crippen molar-refractivity contribution in [1.82, 2.24) is 0 Å². The lowest BCUT2D eigenvalue weighted by atomic mass is 10.2. The summed E-state index contributed by atoms with van der Waals surface area (Å²) < 4.78 is 10.4. The second-order valence-electron chi connectivity index (χ2n) is 3.42. The number of nitrogens with zero attached hydrogens (tertiary/aromatic N) is 2. The maximum absolute atomic E-state index is 10.6. The fraction of sp³-hybridized carbons (Fsp3) is 0.0833. The van der Waals surface area contributed by atoms with E-state index in [1.54, 1.807) is 18.2 Å². The summed E-state index contributed by atoms with van der Waals surface area (Å²) in [5.74, 6) is 1.01. The molecule has 6 heteroatoms. The molecule has 0 spiro atoms. The molecule has 1 aromatic heterocycles. The van der Waals surface area contributed by atoms with Crippen LogP contribution in [-0.2, 0) is 6.61 Å². The second kappa shape index (κ2) is 5.01. The summed E-state index contributed by atoms with van der Waals surface area (Å²) in [6.45, 7) is 0.204. The first-order valence-electron chi connectivity index (χ1n) is 5.04. The van der Waals surface area contributed by atoms with Crippen molar-refractivity contribution in [3.8, 4) is 11.8 Å². The Labute approximate surface area is 102 Å². The molecule has 0 saturated carbocycles. The Kier molecular flexibility index (Phi) is 3.25. The molecule has 1 aromatic carbocycles. The maximum Gasteiger partial charge on any atom is 0.287 e. The van der Waals surface area contributed by atoms with Crippen molar-refractivity contribution in [3.63, 3.8) is 0 Å². The van der Waals surface area contributed by atoms with Gasteiger partial charge in [0, 0.05) is 12.1 Å². The third kappa shape index (κ3) is 2.47. The van der Waals surface area contributed by atoms with E-state index in [0.29, 0.717) is 11.5 Å². The Balaban J connectivity index is 2.15. The van der Waals surface area contributed by atoms with Gasteiger partial charge in [-0.1, -0.05) is 0 Å². The van der Waals surface area contributed by atoms with Crippen molar-refractivity contribution in [1.29, 1.82) is 5.26 Å². The van der Waals surface area contributed by atoms with Gasteiger partial charge in [-0.15, -0.1) is 0 Å². The van der Waals surface area contributed by atoms with E-state index in [1.165, 1.54) is 24.5 Å². The molecule has 0 aliphatic heterocycles. The van der Waals surface area contributed by atoms with E-state index in [2.05, 4.69) is 0 Å². The minimum Gasteiger partial charge on any atom is -0.486 e. The van der Waals surface area contributed by atoms with Gasteiger partial charge in [0.2, 0.25) is 0 Å². The van der Waals surface area contributed by atoms with Gasteiger partial charge in [-0.2, -0.15) is 5.26 Å². The molecule has 0 unspecified atom stereocenters. The minimum atomic E-state index is -0.602. The zero-order valence-corrected chi connectivity index (χ0v) is 9.20.